The molecule has 1 rings (SSSR count). The molecule has 2 atom stereocenters. The van der Waals surface area contributed by atoms with Gasteiger partial charge in [-0.2, -0.15) is 0 Å². The summed E-state index contributed by atoms with van der Waals surface area (Å²) < 4.78 is 5.42. The first-order chi connectivity index (χ1) is 8.44. The highest BCUT2D eigenvalue weighted by atomic mass is 16.5. The van der Waals surface area contributed by atoms with E-state index in [1.807, 2.05) is 18.2 Å². The Labute approximate surface area is 106 Å². The number of ether oxygens (including phenoxy) is 1. The first-order valence-electron chi connectivity index (χ1n) is 5.77. The summed E-state index contributed by atoms with van der Waals surface area (Å²) in [5.41, 5.74) is -1.32. The van der Waals surface area contributed by atoms with Crippen molar-refractivity contribution in [2.24, 2.45) is 0 Å². The zero-order valence-electron chi connectivity index (χ0n) is 10.6. The van der Waals surface area contributed by atoms with E-state index in [9.17, 15) is 9.90 Å². The molecule has 5 heteroatoms. The zero-order chi connectivity index (χ0) is 13.6. The molecule has 0 bridgehead atoms. The number of nitrogens with one attached hydrogen (secondary N) is 1. The highest BCUT2D eigenvalue weighted by molar-refractivity contribution is 5.80. The summed E-state index contributed by atoms with van der Waals surface area (Å²) in [6.45, 7) is 2.62. The Hall–Kier alpha value is -1.59. The zero-order valence-corrected chi connectivity index (χ0v) is 10.6. The molecule has 18 heavy (non-hydrogen) atoms. The molecule has 3 N–H and O–H groups in total. The summed E-state index contributed by atoms with van der Waals surface area (Å²) in [5, 5.41) is 20.9. The lowest BCUT2D eigenvalue weighted by molar-refractivity contribution is -0.128. The first-order valence-corrected chi connectivity index (χ1v) is 5.77. The van der Waals surface area contributed by atoms with Crippen LogP contribution in [-0.2, 0) is 4.79 Å². The highest BCUT2D eigenvalue weighted by Gasteiger charge is 2.22. The number of rotatable bonds is 6. The second-order valence-electron chi connectivity index (χ2n) is 4.45. The lowest BCUT2D eigenvalue weighted by Crippen LogP contribution is -2.46. The monoisotopic (exact) mass is 253 g/mol. The summed E-state index contributed by atoms with van der Waals surface area (Å²) in [4.78, 5) is 11.7. The van der Waals surface area contributed by atoms with Gasteiger partial charge in [-0.25, -0.2) is 0 Å². The molecule has 0 aromatic heterocycles. The molecule has 0 spiro atoms. The van der Waals surface area contributed by atoms with Gasteiger partial charge in [0.15, 0.2) is 6.10 Å². The fourth-order valence-electron chi connectivity index (χ4n) is 1.23. The highest BCUT2D eigenvalue weighted by Crippen LogP contribution is 2.10. The predicted octanol–water partition coefficient (Wildman–Crippen LogP) is 0.313. The van der Waals surface area contributed by atoms with E-state index >= 15 is 0 Å². The molecule has 2 unspecified atom stereocenters. The lowest BCUT2D eigenvalue weighted by Gasteiger charge is -2.22. The van der Waals surface area contributed by atoms with E-state index in [1.54, 1.807) is 19.1 Å². The maximum atomic E-state index is 11.7. The molecule has 0 saturated carbocycles. The third kappa shape index (κ3) is 4.73. The van der Waals surface area contributed by atoms with Gasteiger partial charge in [0.2, 0.25) is 0 Å². The number of hydrogen-bond donors (Lipinski definition) is 3. The predicted molar refractivity (Wildman–Crippen MR) is 67.3 cm³/mol. The number of benzene rings is 1. The van der Waals surface area contributed by atoms with Crippen LogP contribution in [0.4, 0.5) is 0 Å². The van der Waals surface area contributed by atoms with Crippen molar-refractivity contribution in [1.29, 1.82) is 0 Å². The topological polar surface area (TPSA) is 78.8 Å². The number of carbonyl (C=O) groups is 1. The molecule has 1 aromatic carbocycles. The Morgan fingerprint density at radius 3 is 2.61 bits per heavy atom. The van der Waals surface area contributed by atoms with Gasteiger partial charge in [-0.05, 0) is 26.0 Å². The largest absolute Gasteiger partial charge is 0.481 e. The Bertz CT molecular complexity index is 378. The van der Waals surface area contributed by atoms with E-state index in [4.69, 9.17) is 9.84 Å². The van der Waals surface area contributed by atoms with Gasteiger partial charge < -0.3 is 20.3 Å². The molecule has 5 nitrogen and oxygen atoms in total. The second kappa shape index (κ2) is 6.37. The molecule has 0 heterocycles. The molecule has 100 valence electrons. The Morgan fingerprint density at radius 2 is 2.06 bits per heavy atom. The van der Waals surface area contributed by atoms with Crippen LogP contribution in [0.15, 0.2) is 30.3 Å². The fourth-order valence-corrected chi connectivity index (χ4v) is 1.23. The van der Waals surface area contributed by atoms with Crippen LogP contribution in [0, 0.1) is 0 Å². The number of para-hydroxylation sites is 1. The third-order valence-corrected chi connectivity index (χ3v) is 2.41. The number of carbonyl (C=O) groups excluding carboxylic acids is 1. The van der Waals surface area contributed by atoms with Gasteiger partial charge in [0, 0.05) is 6.54 Å². The number of hydrogen-bond acceptors (Lipinski definition) is 4. The number of aliphatic hydroxyl groups excluding tert-OH is 1. The molecule has 0 aliphatic rings. The fraction of sp³-hybridized carbons (Fsp3) is 0.462. The smallest absolute Gasteiger partial charge is 0.260 e. The van der Waals surface area contributed by atoms with Crippen LogP contribution in [0.25, 0.3) is 0 Å². The quantitative estimate of drug-likeness (QED) is 0.682. The molecule has 1 amide bonds. The van der Waals surface area contributed by atoms with Gasteiger partial charge in [0.25, 0.3) is 5.91 Å². The van der Waals surface area contributed by atoms with Gasteiger partial charge in [-0.3, -0.25) is 4.79 Å². The minimum absolute atomic E-state index is 0.0230. The standard InChI is InChI=1S/C13H19NO4/c1-10(18-11-6-4-3-5-7-11)12(16)14-8-13(2,17)9-15/h3-7,10,15,17H,8-9H2,1-2H3,(H,14,16). The third-order valence-electron chi connectivity index (χ3n) is 2.41. The Balaban J connectivity index is 2.43. The van der Waals surface area contributed by atoms with E-state index < -0.39 is 18.3 Å². The van der Waals surface area contributed by atoms with Crippen LogP contribution < -0.4 is 10.1 Å². The van der Waals surface area contributed by atoms with Gasteiger partial charge >= 0.3 is 0 Å². The molecular formula is C13H19NO4. The van der Waals surface area contributed by atoms with Gasteiger partial charge in [-0.1, -0.05) is 18.2 Å². The molecule has 0 aliphatic carbocycles. The minimum Gasteiger partial charge on any atom is -0.481 e. The van der Waals surface area contributed by atoms with Crippen molar-refractivity contribution in [3.63, 3.8) is 0 Å². The van der Waals surface area contributed by atoms with Crippen LogP contribution in [0.3, 0.4) is 0 Å². The second-order valence-corrected chi connectivity index (χ2v) is 4.45. The van der Waals surface area contributed by atoms with Crippen molar-refractivity contribution in [2.45, 2.75) is 25.6 Å². The van der Waals surface area contributed by atoms with Crippen molar-refractivity contribution in [3.05, 3.63) is 30.3 Å². The van der Waals surface area contributed by atoms with E-state index in [0.29, 0.717) is 5.75 Å². The molecular weight excluding hydrogens is 234 g/mol. The van der Waals surface area contributed by atoms with Gasteiger partial charge in [0.1, 0.15) is 11.4 Å². The van der Waals surface area contributed by atoms with Crippen LogP contribution in [0.2, 0.25) is 0 Å². The van der Waals surface area contributed by atoms with Crippen molar-refractivity contribution >= 4 is 5.91 Å². The maximum Gasteiger partial charge on any atom is 0.260 e. The normalized spacial score (nSPS) is 15.6. The van der Waals surface area contributed by atoms with Gasteiger partial charge in [0.05, 0.1) is 6.61 Å². The molecule has 1 aromatic rings. The van der Waals surface area contributed by atoms with Crippen LogP contribution in [0.1, 0.15) is 13.8 Å². The number of amides is 1. The van der Waals surface area contributed by atoms with Crippen molar-refractivity contribution in [1.82, 2.24) is 5.32 Å². The summed E-state index contributed by atoms with van der Waals surface area (Å²) >= 11 is 0. The summed E-state index contributed by atoms with van der Waals surface area (Å²) in [5.74, 6) is 0.265. The van der Waals surface area contributed by atoms with E-state index in [0.717, 1.165) is 0 Å². The SMILES string of the molecule is CC(Oc1ccccc1)C(=O)NCC(C)(O)CO. The van der Waals surface area contributed by atoms with Crippen molar-refractivity contribution < 1.29 is 19.7 Å². The van der Waals surface area contributed by atoms with Crippen LogP contribution in [-0.4, -0.2) is 41.0 Å². The molecule has 0 radical (unpaired) electrons. The van der Waals surface area contributed by atoms with Crippen LogP contribution in [0.5, 0.6) is 5.75 Å². The summed E-state index contributed by atoms with van der Waals surface area (Å²) in [6, 6.07) is 9.00. The molecule has 0 fully saturated rings. The summed E-state index contributed by atoms with van der Waals surface area (Å²) in [7, 11) is 0. The van der Waals surface area contributed by atoms with Crippen molar-refractivity contribution in [2.75, 3.05) is 13.2 Å². The van der Waals surface area contributed by atoms with Crippen LogP contribution >= 0.6 is 0 Å². The van der Waals surface area contributed by atoms with E-state index in [1.165, 1.54) is 6.92 Å². The van der Waals surface area contributed by atoms with Crippen molar-refractivity contribution in [3.8, 4) is 5.75 Å². The first kappa shape index (κ1) is 14.5. The van der Waals surface area contributed by atoms with E-state index in [2.05, 4.69) is 5.32 Å². The minimum atomic E-state index is -1.32. The summed E-state index contributed by atoms with van der Waals surface area (Å²) in [6.07, 6.45) is -0.665. The maximum absolute atomic E-state index is 11.7. The number of aliphatic hydroxyl groups is 2. The average molecular weight is 253 g/mol. The average Bonchev–Trinajstić information content (AvgIpc) is 2.37. The Kier molecular flexibility index (Phi) is 5.12. The van der Waals surface area contributed by atoms with Gasteiger partial charge in [-0.15, -0.1) is 0 Å². The Morgan fingerprint density at radius 1 is 1.44 bits per heavy atom. The van der Waals surface area contributed by atoms with E-state index in [-0.39, 0.29) is 12.5 Å². The lowest BCUT2D eigenvalue weighted by atomic mass is 10.1. The molecule has 0 aliphatic heterocycles. The molecule has 0 saturated heterocycles.